The van der Waals surface area contributed by atoms with Gasteiger partial charge in [-0.1, -0.05) is 176 Å². The van der Waals surface area contributed by atoms with Crippen LogP contribution in [-0.2, 0) is 0 Å². The molecule has 0 N–H and O–H groups in total. The molecule has 60 heavy (non-hydrogen) atoms. The van der Waals surface area contributed by atoms with Gasteiger partial charge in [-0.3, -0.25) is 4.57 Å². The van der Waals surface area contributed by atoms with Crippen LogP contribution in [0.15, 0.2) is 205 Å². The van der Waals surface area contributed by atoms with E-state index in [1.807, 2.05) is 6.07 Å². The van der Waals surface area contributed by atoms with Gasteiger partial charge < -0.3 is 4.42 Å². The molecule has 0 saturated heterocycles. The summed E-state index contributed by atoms with van der Waals surface area (Å²) in [5.74, 6) is 0.616. The summed E-state index contributed by atoms with van der Waals surface area (Å²) < 4.78 is 9.14. The molecule has 278 valence electrons. The van der Waals surface area contributed by atoms with Crippen LogP contribution < -0.4 is 0 Å². The van der Waals surface area contributed by atoms with Crippen molar-refractivity contribution < 1.29 is 4.42 Å². The molecule has 0 radical (unpaired) electrons. The molecule has 13 aromatic rings. The molecule has 10 aromatic carbocycles. The van der Waals surface area contributed by atoms with Crippen LogP contribution in [0.2, 0.25) is 0 Å². The minimum absolute atomic E-state index is 0.616. The number of nitrogens with zero attached hydrogens (tertiary/aromatic N) is 3. The van der Waals surface area contributed by atoms with E-state index in [0.717, 1.165) is 82.4 Å². The van der Waals surface area contributed by atoms with Crippen LogP contribution in [0, 0.1) is 0 Å². The van der Waals surface area contributed by atoms with Crippen molar-refractivity contribution in [1.82, 2.24) is 14.5 Å². The maximum Gasteiger partial charge on any atom is 0.235 e. The molecule has 4 heteroatoms. The fraction of sp³-hybridized carbons (Fsp3) is 0. The molecule has 0 amide bonds. The topological polar surface area (TPSA) is 43.9 Å². The van der Waals surface area contributed by atoms with Crippen molar-refractivity contribution in [3.63, 3.8) is 0 Å². The van der Waals surface area contributed by atoms with Gasteiger partial charge in [-0.25, -0.2) is 9.97 Å². The van der Waals surface area contributed by atoms with Crippen molar-refractivity contribution in [2.24, 2.45) is 0 Å². The lowest BCUT2D eigenvalue weighted by Gasteiger charge is -2.15. The molecule has 0 aliphatic rings. The Bertz CT molecular complexity index is 3890. The maximum atomic E-state index is 6.84. The van der Waals surface area contributed by atoms with Gasteiger partial charge in [0.25, 0.3) is 0 Å². The Kier molecular flexibility index (Phi) is 6.98. The minimum atomic E-state index is 0.616. The summed E-state index contributed by atoms with van der Waals surface area (Å²) in [6.45, 7) is 0. The molecule has 4 nitrogen and oxygen atoms in total. The molecule has 0 unspecified atom stereocenters. The summed E-state index contributed by atoms with van der Waals surface area (Å²) in [6.07, 6.45) is 0. The molecule has 0 fully saturated rings. The molecular formula is C56H33N3O. The quantitative estimate of drug-likeness (QED) is 0.179. The second-order valence-electron chi connectivity index (χ2n) is 15.7. The Morgan fingerprint density at radius 1 is 0.400 bits per heavy atom. The number of hydrogen-bond acceptors (Lipinski definition) is 3. The summed E-state index contributed by atoms with van der Waals surface area (Å²) in [4.78, 5) is 11.0. The third kappa shape index (κ3) is 4.79. The van der Waals surface area contributed by atoms with E-state index in [-0.39, 0.29) is 0 Å². The highest BCUT2D eigenvalue weighted by molar-refractivity contribution is 6.26. The normalized spacial score (nSPS) is 12.0. The summed E-state index contributed by atoms with van der Waals surface area (Å²) in [6, 6.07) is 71.3. The van der Waals surface area contributed by atoms with E-state index in [2.05, 4.69) is 199 Å². The van der Waals surface area contributed by atoms with Gasteiger partial charge in [0.05, 0.1) is 22.2 Å². The molecule has 3 heterocycles. The Morgan fingerprint density at radius 2 is 1.02 bits per heavy atom. The zero-order valence-corrected chi connectivity index (χ0v) is 32.3. The van der Waals surface area contributed by atoms with Crippen molar-refractivity contribution in [2.75, 3.05) is 0 Å². The maximum absolute atomic E-state index is 6.84. The van der Waals surface area contributed by atoms with Crippen molar-refractivity contribution in [2.45, 2.75) is 0 Å². The standard InChI is InChI=1S/C56H33N3O/c1-4-17-39-34(13-1)16-11-22-40(39)36-27-29-37(30-28-36)53-44-21-7-9-25-48(44)57-56(58-53)59-49-32-31-35-14-2-5-18-41(35)51(49)45-23-12-24-46(54(45)59)52-42-19-6-3-15-38(42)33-47-43-20-8-10-26-50(43)60-55(47)52/h1-33H. The predicted molar refractivity (Wildman–Crippen MR) is 250 cm³/mol. The monoisotopic (exact) mass is 763 g/mol. The average molecular weight is 764 g/mol. The van der Waals surface area contributed by atoms with E-state index in [1.165, 1.54) is 38.1 Å². The lowest BCUT2D eigenvalue weighted by atomic mass is 9.93. The lowest BCUT2D eigenvalue weighted by molar-refractivity contribution is 0.670. The minimum Gasteiger partial charge on any atom is -0.455 e. The Morgan fingerprint density at radius 3 is 1.87 bits per heavy atom. The van der Waals surface area contributed by atoms with Crippen molar-refractivity contribution in [3.05, 3.63) is 200 Å². The number of fused-ring (bicyclic) bond motifs is 11. The van der Waals surface area contributed by atoms with Gasteiger partial charge in [0, 0.05) is 43.6 Å². The highest BCUT2D eigenvalue weighted by atomic mass is 16.3. The third-order valence-electron chi connectivity index (χ3n) is 12.4. The Balaban J connectivity index is 1.12. The van der Waals surface area contributed by atoms with Crippen molar-refractivity contribution >= 4 is 87.0 Å². The number of benzene rings is 10. The fourth-order valence-corrected chi connectivity index (χ4v) is 9.70. The van der Waals surface area contributed by atoms with Crippen LogP contribution in [0.1, 0.15) is 0 Å². The first kappa shape index (κ1) is 32.9. The molecule has 0 bridgehead atoms. The molecule has 3 aromatic heterocycles. The van der Waals surface area contributed by atoms with Gasteiger partial charge in [0.1, 0.15) is 11.2 Å². The number of para-hydroxylation sites is 3. The van der Waals surface area contributed by atoms with Crippen LogP contribution in [0.25, 0.3) is 126 Å². The van der Waals surface area contributed by atoms with E-state index < -0.39 is 0 Å². The Labute approximate surface area is 344 Å². The van der Waals surface area contributed by atoms with Crippen LogP contribution >= 0.6 is 0 Å². The molecule has 0 atom stereocenters. The second kappa shape index (κ2) is 12.7. The van der Waals surface area contributed by atoms with Crippen LogP contribution in [0.5, 0.6) is 0 Å². The summed E-state index contributed by atoms with van der Waals surface area (Å²) >= 11 is 0. The molecule has 0 spiro atoms. The van der Waals surface area contributed by atoms with E-state index in [0.29, 0.717) is 5.95 Å². The zero-order chi connectivity index (χ0) is 39.3. The lowest BCUT2D eigenvalue weighted by Crippen LogP contribution is -2.04. The second-order valence-corrected chi connectivity index (χ2v) is 15.7. The van der Waals surface area contributed by atoms with Gasteiger partial charge in [-0.15, -0.1) is 0 Å². The highest BCUT2D eigenvalue weighted by Crippen LogP contribution is 2.47. The average Bonchev–Trinajstić information content (AvgIpc) is 3.86. The molecule has 0 aliphatic carbocycles. The first-order chi connectivity index (χ1) is 29.8. The number of furan rings is 1. The smallest absolute Gasteiger partial charge is 0.235 e. The van der Waals surface area contributed by atoms with Gasteiger partial charge in [-0.2, -0.15) is 0 Å². The van der Waals surface area contributed by atoms with E-state index in [4.69, 9.17) is 14.4 Å². The molecule has 13 rings (SSSR count). The summed E-state index contributed by atoms with van der Waals surface area (Å²) in [5, 5.41) is 12.6. The first-order valence-electron chi connectivity index (χ1n) is 20.4. The van der Waals surface area contributed by atoms with E-state index >= 15 is 0 Å². The summed E-state index contributed by atoms with van der Waals surface area (Å²) in [7, 11) is 0. The van der Waals surface area contributed by atoms with Crippen LogP contribution in [0.4, 0.5) is 0 Å². The number of hydrogen-bond donors (Lipinski definition) is 0. The zero-order valence-electron chi connectivity index (χ0n) is 32.3. The molecular weight excluding hydrogens is 731 g/mol. The molecule has 0 saturated carbocycles. The van der Waals surface area contributed by atoms with Crippen molar-refractivity contribution in [1.29, 1.82) is 0 Å². The first-order valence-corrected chi connectivity index (χ1v) is 20.4. The van der Waals surface area contributed by atoms with E-state index in [1.54, 1.807) is 0 Å². The van der Waals surface area contributed by atoms with Gasteiger partial charge in [-0.05, 0) is 67.7 Å². The number of aromatic nitrogens is 3. The third-order valence-corrected chi connectivity index (χ3v) is 12.4. The largest absolute Gasteiger partial charge is 0.455 e. The Hall–Kier alpha value is -8.08. The fourth-order valence-electron chi connectivity index (χ4n) is 9.70. The van der Waals surface area contributed by atoms with E-state index in [9.17, 15) is 0 Å². The SMILES string of the molecule is c1ccc2c(-c3ccc(-c4nc(-n5c6ccc7ccccc7c6c6cccc(-c7c8ccccc8cc8c7oc7ccccc78)c65)nc5ccccc45)cc3)cccc2c1. The predicted octanol–water partition coefficient (Wildman–Crippen LogP) is 15.1. The summed E-state index contributed by atoms with van der Waals surface area (Å²) in [5.41, 5.74) is 11.1. The van der Waals surface area contributed by atoms with Gasteiger partial charge in [0.15, 0.2) is 0 Å². The highest BCUT2D eigenvalue weighted by Gasteiger charge is 2.25. The van der Waals surface area contributed by atoms with Crippen LogP contribution in [0.3, 0.4) is 0 Å². The van der Waals surface area contributed by atoms with Gasteiger partial charge in [0.2, 0.25) is 5.95 Å². The molecule has 0 aliphatic heterocycles. The van der Waals surface area contributed by atoms with Crippen molar-refractivity contribution in [3.8, 4) is 39.5 Å². The van der Waals surface area contributed by atoms with Crippen LogP contribution in [-0.4, -0.2) is 14.5 Å². The van der Waals surface area contributed by atoms with Gasteiger partial charge >= 0.3 is 0 Å². The number of rotatable bonds is 4.